The Bertz CT molecular complexity index is 420. The van der Waals surface area contributed by atoms with Crippen LogP contribution in [0.5, 0.6) is 0 Å². The van der Waals surface area contributed by atoms with Gasteiger partial charge >= 0.3 is 0 Å². The van der Waals surface area contributed by atoms with Crippen molar-refractivity contribution in [2.45, 2.75) is 31.7 Å². The van der Waals surface area contributed by atoms with E-state index in [2.05, 4.69) is 15.6 Å². The highest BCUT2D eigenvalue weighted by molar-refractivity contribution is 5.94. The molecule has 96 valence electrons. The summed E-state index contributed by atoms with van der Waals surface area (Å²) in [4.78, 5) is 27.0. The summed E-state index contributed by atoms with van der Waals surface area (Å²) < 4.78 is 0. The highest BCUT2D eigenvalue weighted by atomic mass is 16.2. The van der Waals surface area contributed by atoms with E-state index < -0.39 is 0 Å². The van der Waals surface area contributed by atoms with Crippen molar-refractivity contribution in [1.82, 2.24) is 15.6 Å². The predicted molar refractivity (Wildman–Crippen MR) is 67.0 cm³/mol. The van der Waals surface area contributed by atoms with Crippen molar-refractivity contribution in [3.8, 4) is 0 Å². The third-order valence-corrected chi connectivity index (χ3v) is 3.02. The van der Waals surface area contributed by atoms with Gasteiger partial charge < -0.3 is 10.6 Å². The van der Waals surface area contributed by atoms with Crippen LogP contribution in [0, 0.1) is 0 Å². The first-order valence-corrected chi connectivity index (χ1v) is 6.23. The number of nitrogens with zero attached hydrogens (tertiary/aromatic N) is 1. The van der Waals surface area contributed by atoms with Gasteiger partial charge in [0.2, 0.25) is 5.91 Å². The van der Waals surface area contributed by atoms with Crippen LogP contribution >= 0.6 is 0 Å². The quantitative estimate of drug-likeness (QED) is 0.832. The molecule has 0 saturated carbocycles. The van der Waals surface area contributed by atoms with E-state index in [1.165, 1.54) is 0 Å². The second-order valence-corrected chi connectivity index (χ2v) is 4.46. The first-order chi connectivity index (χ1) is 8.75. The van der Waals surface area contributed by atoms with Gasteiger partial charge in [0, 0.05) is 37.0 Å². The third kappa shape index (κ3) is 3.55. The summed E-state index contributed by atoms with van der Waals surface area (Å²) in [6, 6.07) is 3.38. The number of nitrogens with one attached hydrogen (secondary N) is 2. The number of hydrogen-bond donors (Lipinski definition) is 2. The molecule has 0 bridgehead atoms. The van der Waals surface area contributed by atoms with Gasteiger partial charge in [-0.25, -0.2) is 0 Å². The summed E-state index contributed by atoms with van der Waals surface area (Å²) in [6.45, 7) is 0.479. The van der Waals surface area contributed by atoms with Crippen molar-refractivity contribution in [1.29, 1.82) is 0 Å². The fraction of sp³-hybridized carbons (Fsp3) is 0.462. The number of carbonyl (C=O) groups excluding carboxylic acids is 2. The number of pyridine rings is 1. The van der Waals surface area contributed by atoms with Gasteiger partial charge in [0.1, 0.15) is 0 Å². The van der Waals surface area contributed by atoms with Gasteiger partial charge in [-0.05, 0) is 25.0 Å². The average molecular weight is 247 g/mol. The third-order valence-electron chi connectivity index (χ3n) is 3.02. The number of amides is 2. The molecule has 2 amide bonds. The Balaban J connectivity index is 1.84. The minimum Gasteiger partial charge on any atom is -0.352 e. The Kier molecular flexibility index (Phi) is 4.28. The van der Waals surface area contributed by atoms with Crippen LogP contribution in [0.15, 0.2) is 24.5 Å². The normalized spacial score (nSPS) is 19.8. The van der Waals surface area contributed by atoms with E-state index in [1.54, 1.807) is 24.5 Å². The van der Waals surface area contributed by atoms with Crippen molar-refractivity contribution in [3.05, 3.63) is 30.1 Å². The van der Waals surface area contributed by atoms with Gasteiger partial charge in [-0.3, -0.25) is 14.6 Å². The first-order valence-electron chi connectivity index (χ1n) is 6.23. The summed E-state index contributed by atoms with van der Waals surface area (Å²) in [5.41, 5.74) is 0.588. The Morgan fingerprint density at radius 1 is 1.39 bits per heavy atom. The van der Waals surface area contributed by atoms with E-state index in [9.17, 15) is 9.59 Å². The predicted octanol–water partition coefficient (Wildman–Crippen LogP) is 0.870. The molecular weight excluding hydrogens is 230 g/mol. The number of aromatic nitrogens is 1. The standard InChI is InChI=1S/C13H17N3O2/c17-12-4-2-1-3-11(16-12)9-15-13(18)10-5-7-14-8-6-10/h5-8,11H,1-4,9H2,(H,15,18)(H,16,17). The molecule has 1 atom stereocenters. The summed E-state index contributed by atoms with van der Waals surface area (Å²) >= 11 is 0. The summed E-state index contributed by atoms with van der Waals surface area (Å²) in [7, 11) is 0. The van der Waals surface area contributed by atoms with E-state index in [0.29, 0.717) is 18.5 Å². The van der Waals surface area contributed by atoms with Crippen LogP contribution in [0.1, 0.15) is 36.0 Å². The van der Waals surface area contributed by atoms with Gasteiger partial charge in [0.15, 0.2) is 0 Å². The molecule has 0 spiro atoms. The fourth-order valence-corrected chi connectivity index (χ4v) is 2.02. The largest absolute Gasteiger partial charge is 0.352 e. The molecule has 1 aliphatic heterocycles. The second-order valence-electron chi connectivity index (χ2n) is 4.46. The molecule has 0 radical (unpaired) electrons. The Labute approximate surface area is 106 Å². The fourth-order valence-electron chi connectivity index (χ4n) is 2.02. The maximum absolute atomic E-state index is 11.8. The van der Waals surface area contributed by atoms with Crippen molar-refractivity contribution < 1.29 is 9.59 Å². The van der Waals surface area contributed by atoms with E-state index in [4.69, 9.17) is 0 Å². The lowest BCUT2D eigenvalue weighted by Crippen LogP contribution is -2.42. The zero-order valence-corrected chi connectivity index (χ0v) is 10.2. The first kappa shape index (κ1) is 12.5. The second kappa shape index (κ2) is 6.14. The lowest BCUT2D eigenvalue weighted by atomic mass is 10.1. The molecular formula is C13H17N3O2. The van der Waals surface area contributed by atoms with Gasteiger partial charge in [0.25, 0.3) is 5.91 Å². The lowest BCUT2D eigenvalue weighted by Gasteiger charge is -2.16. The van der Waals surface area contributed by atoms with Crippen LogP contribution < -0.4 is 10.6 Å². The summed E-state index contributed by atoms with van der Waals surface area (Å²) in [6.07, 6.45) is 6.64. The topological polar surface area (TPSA) is 71.1 Å². The zero-order chi connectivity index (χ0) is 12.8. The number of rotatable bonds is 3. The number of carbonyl (C=O) groups is 2. The van der Waals surface area contributed by atoms with Crippen LogP contribution in [-0.4, -0.2) is 29.4 Å². The van der Waals surface area contributed by atoms with E-state index in [1.807, 2.05) is 0 Å². The van der Waals surface area contributed by atoms with Crippen LogP contribution in [0.3, 0.4) is 0 Å². The van der Waals surface area contributed by atoms with Crippen LogP contribution in [0.4, 0.5) is 0 Å². The minimum atomic E-state index is -0.129. The summed E-state index contributed by atoms with van der Waals surface area (Å²) in [5.74, 6) is -0.0495. The minimum absolute atomic E-state index is 0.0470. The Morgan fingerprint density at radius 3 is 2.94 bits per heavy atom. The molecule has 1 aliphatic rings. The molecule has 2 heterocycles. The van der Waals surface area contributed by atoms with E-state index >= 15 is 0 Å². The van der Waals surface area contributed by atoms with Gasteiger partial charge in [-0.2, -0.15) is 0 Å². The Morgan fingerprint density at radius 2 is 2.17 bits per heavy atom. The van der Waals surface area contributed by atoms with Crippen LogP contribution in [-0.2, 0) is 4.79 Å². The molecule has 2 N–H and O–H groups in total. The monoisotopic (exact) mass is 247 g/mol. The molecule has 1 saturated heterocycles. The van der Waals surface area contributed by atoms with E-state index in [-0.39, 0.29) is 17.9 Å². The molecule has 0 aliphatic carbocycles. The maximum Gasteiger partial charge on any atom is 0.251 e. The van der Waals surface area contributed by atoms with Crippen molar-refractivity contribution in [3.63, 3.8) is 0 Å². The van der Waals surface area contributed by atoms with Gasteiger partial charge in [0.05, 0.1) is 0 Å². The van der Waals surface area contributed by atoms with Crippen molar-refractivity contribution in [2.24, 2.45) is 0 Å². The van der Waals surface area contributed by atoms with Gasteiger partial charge in [-0.1, -0.05) is 6.42 Å². The zero-order valence-electron chi connectivity index (χ0n) is 10.2. The highest BCUT2D eigenvalue weighted by Gasteiger charge is 2.17. The molecule has 5 heteroatoms. The smallest absolute Gasteiger partial charge is 0.251 e. The number of hydrogen-bond acceptors (Lipinski definition) is 3. The van der Waals surface area contributed by atoms with Crippen LogP contribution in [0.25, 0.3) is 0 Å². The molecule has 0 aromatic carbocycles. The molecule has 1 unspecified atom stereocenters. The van der Waals surface area contributed by atoms with Gasteiger partial charge in [-0.15, -0.1) is 0 Å². The molecule has 1 aromatic heterocycles. The van der Waals surface area contributed by atoms with Crippen molar-refractivity contribution >= 4 is 11.8 Å². The molecule has 5 nitrogen and oxygen atoms in total. The molecule has 2 rings (SSSR count). The molecule has 18 heavy (non-hydrogen) atoms. The van der Waals surface area contributed by atoms with E-state index in [0.717, 1.165) is 19.3 Å². The Hall–Kier alpha value is -1.91. The maximum atomic E-state index is 11.8. The molecule has 1 aromatic rings. The average Bonchev–Trinajstić information content (AvgIpc) is 2.61. The summed E-state index contributed by atoms with van der Waals surface area (Å²) in [5, 5.41) is 5.76. The van der Waals surface area contributed by atoms with Crippen LogP contribution in [0.2, 0.25) is 0 Å². The van der Waals surface area contributed by atoms with Crippen molar-refractivity contribution in [2.75, 3.05) is 6.54 Å². The highest BCUT2D eigenvalue weighted by Crippen LogP contribution is 2.08. The molecule has 1 fully saturated rings. The lowest BCUT2D eigenvalue weighted by molar-refractivity contribution is -0.121. The SMILES string of the molecule is O=C1CCCCC(CNC(=O)c2ccncc2)N1.